The molecule has 0 aliphatic heterocycles. The topological polar surface area (TPSA) is 72.0 Å². The van der Waals surface area contributed by atoms with Crippen molar-refractivity contribution in [1.29, 1.82) is 0 Å². The Balaban J connectivity index is 1.94. The minimum Gasteiger partial charge on any atom is -0.393 e. The molecular weight excluding hydrogens is 238 g/mol. The molecule has 2 aromatic rings. The molecule has 1 N–H and O–H groups in total. The third-order valence-corrected chi connectivity index (χ3v) is 3.23. The normalized spacial score (nSPS) is 12.9. The Morgan fingerprint density at radius 3 is 2.94 bits per heavy atom. The van der Waals surface area contributed by atoms with Gasteiger partial charge in [-0.2, -0.15) is 4.98 Å². The van der Waals surface area contributed by atoms with Gasteiger partial charge in [0.25, 0.3) is 0 Å². The summed E-state index contributed by atoms with van der Waals surface area (Å²) < 4.78 is 5.10. The maximum absolute atomic E-state index is 9.16. The van der Waals surface area contributed by atoms with Crippen LogP contribution in [0.3, 0.4) is 0 Å². The minimum atomic E-state index is -0.341. The van der Waals surface area contributed by atoms with E-state index in [2.05, 4.69) is 15.1 Å². The van der Waals surface area contributed by atoms with Crippen LogP contribution in [0.15, 0.2) is 9.90 Å². The number of nitrogens with zero attached hydrogens (tertiary/aromatic N) is 3. The van der Waals surface area contributed by atoms with Crippen LogP contribution >= 0.6 is 11.3 Å². The van der Waals surface area contributed by atoms with Crippen LogP contribution in [-0.4, -0.2) is 26.3 Å². The number of aliphatic hydroxyl groups is 1. The molecule has 2 heterocycles. The monoisotopic (exact) mass is 253 g/mol. The van der Waals surface area contributed by atoms with Gasteiger partial charge in [0.2, 0.25) is 5.89 Å². The Morgan fingerprint density at radius 2 is 2.29 bits per heavy atom. The zero-order valence-corrected chi connectivity index (χ0v) is 10.7. The molecule has 0 saturated heterocycles. The van der Waals surface area contributed by atoms with Crippen molar-refractivity contribution in [1.82, 2.24) is 15.1 Å². The van der Waals surface area contributed by atoms with Crippen LogP contribution in [0.4, 0.5) is 0 Å². The number of hydrogen-bond acceptors (Lipinski definition) is 6. The van der Waals surface area contributed by atoms with Crippen molar-refractivity contribution in [3.05, 3.63) is 27.8 Å². The molecule has 0 spiro atoms. The molecule has 17 heavy (non-hydrogen) atoms. The fourth-order valence-corrected chi connectivity index (χ4v) is 2.18. The average molecular weight is 253 g/mol. The maximum atomic E-state index is 9.16. The van der Waals surface area contributed by atoms with E-state index in [1.807, 2.05) is 12.3 Å². The van der Waals surface area contributed by atoms with Gasteiger partial charge in [-0.1, -0.05) is 5.16 Å². The first kappa shape index (κ1) is 12.2. The highest BCUT2D eigenvalue weighted by atomic mass is 32.1. The van der Waals surface area contributed by atoms with Crippen molar-refractivity contribution in [3.8, 4) is 0 Å². The van der Waals surface area contributed by atoms with Crippen LogP contribution in [0.1, 0.15) is 35.8 Å². The summed E-state index contributed by atoms with van der Waals surface area (Å²) in [7, 11) is 0. The molecule has 1 atom stereocenters. The molecule has 2 aromatic heterocycles. The zero-order chi connectivity index (χ0) is 12.3. The first-order valence-electron chi connectivity index (χ1n) is 5.54. The molecule has 0 bridgehead atoms. The van der Waals surface area contributed by atoms with Crippen molar-refractivity contribution < 1.29 is 9.63 Å². The van der Waals surface area contributed by atoms with Crippen LogP contribution in [0.5, 0.6) is 0 Å². The van der Waals surface area contributed by atoms with Gasteiger partial charge in [-0.3, -0.25) is 0 Å². The summed E-state index contributed by atoms with van der Waals surface area (Å²) in [5, 5.41) is 16.1. The van der Waals surface area contributed by atoms with Crippen molar-refractivity contribution in [2.75, 3.05) is 0 Å². The van der Waals surface area contributed by atoms with Crippen LogP contribution < -0.4 is 0 Å². The Labute approximate surface area is 104 Å². The van der Waals surface area contributed by atoms with Crippen LogP contribution in [0, 0.1) is 6.92 Å². The average Bonchev–Trinajstić information content (AvgIpc) is 2.86. The second kappa shape index (κ2) is 5.37. The molecule has 2 rings (SSSR count). The van der Waals surface area contributed by atoms with E-state index in [0.29, 0.717) is 31.0 Å². The number of hydrogen-bond donors (Lipinski definition) is 1. The van der Waals surface area contributed by atoms with E-state index in [1.54, 1.807) is 18.3 Å². The largest absolute Gasteiger partial charge is 0.393 e. The number of aromatic nitrogens is 3. The fraction of sp³-hybridized carbons (Fsp3) is 0.545. The molecule has 0 radical (unpaired) electrons. The second-order valence-electron chi connectivity index (χ2n) is 4.05. The van der Waals surface area contributed by atoms with Crippen molar-refractivity contribution in [2.45, 2.75) is 39.2 Å². The number of thiazole rings is 1. The van der Waals surface area contributed by atoms with Crippen molar-refractivity contribution >= 4 is 11.3 Å². The lowest BCUT2D eigenvalue weighted by molar-refractivity contribution is 0.180. The molecule has 0 aliphatic carbocycles. The van der Waals surface area contributed by atoms with Crippen LogP contribution in [-0.2, 0) is 12.8 Å². The number of aliphatic hydroxyl groups excluding tert-OH is 1. The lowest BCUT2D eigenvalue weighted by Crippen LogP contribution is -2.01. The van der Waals surface area contributed by atoms with Gasteiger partial charge in [-0.15, -0.1) is 11.3 Å². The highest BCUT2D eigenvalue weighted by Gasteiger charge is 2.09. The standard InChI is InChI=1S/C11H15N3O2S/c1-7-6-17-11(12-7)5-9-13-10(16-14-9)4-3-8(2)15/h6,8,15H,3-5H2,1-2H3. The van der Waals surface area contributed by atoms with E-state index in [-0.39, 0.29) is 6.10 Å². The Hall–Kier alpha value is -1.27. The minimum absolute atomic E-state index is 0.341. The first-order valence-corrected chi connectivity index (χ1v) is 6.42. The SMILES string of the molecule is Cc1csc(Cc2noc(CCC(C)O)n2)n1. The molecule has 0 aromatic carbocycles. The van der Waals surface area contributed by atoms with Gasteiger partial charge in [0.05, 0.1) is 12.5 Å². The van der Waals surface area contributed by atoms with E-state index in [9.17, 15) is 0 Å². The molecule has 0 aliphatic rings. The molecular formula is C11H15N3O2S. The second-order valence-corrected chi connectivity index (χ2v) is 4.99. The summed E-state index contributed by atoms with van der Waals surface area (Å²) in [6, 6.07) is 0. The summed E-state index contributed by atoms with van der Waals surface area (Å²) in [6.07, 6.45) is 1.52. The van der Waals surface area contributed by atoms with Gasteiger partial charge in [0.15, 0.2) is 5.82 Å². The summed E-state index contributed by atoms with van der Waals surface area (Å²) in [6.45, 7) is 3.71. The van der Waals surface area contributed by atoms with Gasteiger partial charge < -0.3 is 9.63 Å². The number of aryl methyl sites for hydroxylation is 2. The third kappa shape index (κ3) is 3.61. The van der Waals surface area contributed by atoms with E-state index < -0.39 is 0 Å². The maximum Gasteiger partial charge on any atom is 0.226 e. The summed E-state index contributed by atoms with van der Waals surface area (Å²) in [4.78, 5) is 8.61. The van der Waals surface area contributed by atoms with Gasteiger partial charge >= 0.3 is 0 Å². The van der Waals surface area contributed by atoms with Crippen LogP contribution in [0.25, 0.3) is 0 Å². The smallest absolute Gasteiger partial charge is 0.226 e. The van der Waals surface area contributed by atoms with Crippen LogP contribution in [0.2, 0.25) is 0 Å². The van der Waals surface area contributed by atoms with Gasteiger partial charge in [0, 0.05) is 17.5 Å². The molecule has 0 fully saturated rings. The Bertz CT molecular complexity index is 479. The molecule has 0 amide bonds. The highest BCUT2D eigenvalue weighted by molar-refractivity contribution is 7.09. The van der Waals surface area contributed by atoms with E-state index in [4.69, 9.17) is 9.63 Å². The van der Waals surface area contributed by atoms with E-state index in [1.165, 1.54) is 0 Å². The predicted molar refractivity (Wildman–Crippen MR) is 64.0 cm³/mol. The van der Waals surface area contributed by atoms with Gasteiger partial charge in [-0.05, 0) is 20.3 Å². The van der Waals surface area contributed by atoms with Crippen molar-refractivity contribution in [3.63, 3.8) is 0 Å². The molecule has 6 heteroatoms. The molecule has 92 valence electrons. The molecule has 5 nitrogen and oxygen atoms in total. The quantitative estimate of drug-likeness (QED) is 0.878. The van der Waals surface area contributed by atoms with E-state index >= 15 is 0 Å². The first-order chi connectivity index (χ1) is 8.13. The van der Waals surface area contributed by atoms with Gasteiger partial charge in [-0.25, -0.2) is 4.98 Å². The summed E-state index contributed by atoms with van der Waals surface area (Å²) in [5.41, 5.74) is 1.02. The van der Waals surface area contributed by atoms with Gasteiger partial charge in [0.1, 0.15) is 5.01 Å². The Kier molecular flexibility index (Phi) is 3.86. The number of rotatable bonds is 5. The fourth-order valence-electron chi connectivity index (χ4n) is 1.42. The zero-order valence-electron chi connectivity index (χ0n) is 9.88. The Morgan fingerprint density at radius 1 is 1.47 bits per heavy atom. The summed E-state index contributed by atoms with van der Waals surface area (Å²) in [5.74, 6) is 1.23. The molecule has 1 unspecified atom stereocenters. The predicted octanol–water partition coefficient (Wildman–Crippen LogP) is 1.74. The summed E-state index contributed by atoms with van der Waals surface area (Å²) >= 11 is 1.60. The highest BCUT2D eigenvalue weighted by Crippen LogP contribution is 2.13. The molecule has 0 saturated carbocycles. The van der Waals surface area contributed by atoms with E-state index in [0.717, 1.165) is 10.7 Å². The lowest BCUT2D eigenvalue weighted by atomic mass is 10.2. The lowest BCUT2D eigenvalue weighted by Gasteiger charge is -1.98. The third-order valence-electron chi connectivity index (χ3n) is 2.26. The van der Waals surface area contributed by atoms with Crippen molar-refractivity contribution in [2.24, 2.45) is 0 Å².